The van der Waals surface area contributed by atoms with Gasteiger partial charge in [0.05, 0.1) is 26.0 Å². The normalized spacial score (nSPS) is 23.5. The van der Waals surface area contributed by atoms with E-state index in [4.69, 9.17) is 14.0 Å². The molecule has 4 aromatic rings. The van der Waals surface area contributed by atoms with Gasteiger partial charge in [0.25, 0.3) is 0 Å². The Morgan fingerprint density at radius 3 is 2.29 bits per heavy atom. The minimum absolute atomic E-state index is 0.0230. The van der Waals surface area contributed by atoms with E-state index in [1.54, 1.807) is 25.3 Å². The molecule has 10 nitrogen and oxygen atoms in total. The predicted octanol–water partition coefficient (Wildman–Crippen LogP) is 2.29. The van der Waals surface area contributed by atoms with Crippen LogP contribution in [0.15, 0.2) is 53.2 Å². The summed E-state index contributed by atoms with van der Waals surface area (Å²) >= 11 is 0. The van der Waals surface area contributed by atoms with Crippen molar-refractivity contribution in [2.75, 3.05) is 13.7 Å². The van der Waals surface area contributed by atoms with Crippen molar-refractivity contribution in [2.24, 2.45) is 0 Å². The molecule has 1 fully saturated rings. The Labute approximate surface area is 213 Å². The predicted molar refractivity (Wildman–Crippen MR) is 124 cm³/mol. The lowest BCUT2D eigenvalue weighted by Crippen LogP contribution is -2.56. The number of ether oxygens (including phenoxy) is 2. The maximum absolute atomic E-state index is 13.7. The van der Waals surface area contributed by atoms with Crippen LogP contribution in [0.25, 0.3) is 22.5 Å². The van der Waals surface area contributed by atoms with Crippen molar-refractivity contribution in [3.8, 4) is 28.3 Å². The molecule has 38 heavy (non-hydrogen) atoms. The van der Waals surface area contributed by atoms with Crippen molar-refractivity contribution in [1.29, 1.82) is 0 Å². The highest BCUT2D eigenvalue weighted by atomic mass is 19.2. The highest BCUT2D eigenvalue weighted by molar-refractivity contribution is 5.60. The van der Waals surface area contributed by atoms with Gasteiger partial charge < -0.3 is 29.3 Å². The molecule has 0 spiro atoms. The Bertz CT molecular complexity index is 1390. The number of hydrogen-bond donors (Lipinski definition) is 3. The Morgan fingerprint density at radius 1 is 0.947 bits per heavy atom. The van der Waals surface area contributed by atoms with E-state index < -0.39 is 54.5 Å². The van der Waals surface area contributed by atoms with Gasteiger partial charge in [-0.3, -0.25) is 0 Å². The van der Waals surface area contributed by atoms with E-state index in [0.29, 0.717) is 17.2 Å². The second kappa shape index (κ2) is 10.5. The largest absolute Gasteiger partial charge is 0.497 e. The second-order valence-electron chi connectivity index (χ2n) is 8.82. The molecule has 13 heteroatoms. The first-order valence-corrected chi connectivity index (χ1v) is 11.6. The molecule has 2 aromatic carbocycles. The zero-order valence-corrected chi connectivity index (χ0v) is 19.9. The molecular weight excluding hydrogens is 509 g/mol. The first-order valence-electron chi connectivity index (χ1n) is 11.6. The van der Waals surface area contributed by atoms with Crippen LogP contribution in [-0.2, 0) is 11.2 Å². The summed E-state index contributed by atoms with van der Waals surface area (Å²) in [6.07, 6.45) is -3.53. The average Bonchev–Trinajstić information content (AvgIpc) is 3.59. The Balaban J connectivity index is 1.38. The molecule has 0 bridgehead atoms. The molecule has 200 valence electrons. The minimum atomic E-state index is -1.62. The molecule has 1 aliphatic heterocycles. The molecule has 3 N–H and O–H groups in total. The van der Waals surface area contributed by atoms with Crippen LogP contribution in [0.3, 0.4) is 0 Å². The molecule has 0 aliphatic carbocycles. The molecule has 0 radical (unpaired) electrons. The van der Waals surface area contributed by atoms with Gasteiger partial charge in [0, 0.05) is 23.6 Å². The highest BCUT2D eigenvalue weighted by Gasteiger charge is 2.46. The SMILES string of the molecule is COc1ccc(-c2cc(C[C@H]3O[C@H](CO)[C@H](O)[C@H](n4cc(-c5cc(F)c(F)c(F)c5)nn4)[C@H]3O)on2)cc1. The average molecular weight is 532 g/mol. The van der Waals surface area contributed by atoms with Crippen LogP contribution in [0, 0.1) is 17.5 Å². The molecule has 0 unspecified atom stereocenters. The lowest BCUT2D eigenvalue weighted by molar-refractivity contribution is -0.205. The molecule has 2 aromatic heterocycles. The van der Waals surface area contributed by atoms with E-state index in [-0.39, 0.29) is 17.7 Å². The van der Waals surface area contributed by atoms with Crippen LogP contribution >= 0.6 is 0 Å². The fraction of sp³-hybridized carbons (Fsp3) is 0.320. The van der Waals surface area contributed by atoms with Gasteiger partial charge in [-0.05, 0) is 36.4 Å². The molecule has 1 saturated heterocycles. The summed E-state index contributed by atoms with van der Waals surface area (Å²) in [5.74, 6) is -3.36. The summed E-state index contributed by atoms with van der Waals surface area (Å²) in [4.78, 5) is 0. The van der Waals surface area contributed by atoms with Gasteiger partial charge in [0.1, 0.15) is 47.3 Å². The summed E-state index contributed by atoms with van der Waals surface area (Å²) < 4.78 is 58.2. The van der Waals surface area contributed by atoms with Gasteiger partial charge >= 0.3 is 0 Å². The monoisotopic (exact) mass is 532 g/mol. The number of aliphatic hydroxyl groups excluding tert-OH is 3. The smallest absolute Gasteiger partial charge is 0.194 e. The summed E-state index contributed by atoms with van der Waals surface area (Å²) in [5.41, 5.74) is 1.20. The second-order valence-corrected chi connectivity index (χ2v) is 8.82. The topological polar surface area (TPSA) is 136 Å². The number of rotatable bonds is 7. The molecule has 5 rings (SSSR count). The lowest BCUT2D eigenvalue weighted by Gasteiger charge is -2.41. The van der Waals surface area contributed by atoms with Gasteiger partial charge in [-0.1, -0.05) is 10.4 Å². The lowest BCUT2D eigenvalue weighted by atomic mass is 9.90. The van der Waals surface area contributed by atoms with E-state index in [0.717, 1.165) is 22.4 Å². The van der Waals surface area contributed by atoms with Crippen LogP contribution < -0.4 is 4.74 Å². The van der Waals surface area contributed by atoms with Crippen molar-refractivity contribution < 1.29 is 42.5 Å². The fourth-order valence-corrected chi connectivity index (χ4v) is 4.42. The summed E-state index contributed by atoms with van der Waals surface area (Å²) in [6, 6.07) is 9.21. The van der Waals surface area contributed by atoms with Crippen molar-refractivity contribution in [2.45, 2.75) is 36.9 Å². The number of methoxy groups -OCH3 is 1. The Hall–Kier alpha value is -3.78. The number of aromatic nitrogens is 4. The number of aliphatic hydroxyl groups is 3. The zero-order valence-electron chi connectivity index (χ0n) is 19.9. The molecular formula is C25H23F3N4O6. The van der Waals surface area contributed by atoms with Crippen LogP contribution in [0.4, 0.5) is 13.2 Å². The van der Waals surface area contributed by atoms with Gasteiger partial charge in [-0.25, -0.2) is 17.9 Å². The molecule has 1 aliphatic rings. The van der Waals surface area contributed by atoms with Crippen LogP contribution in [0.5, 0.6) is 5.75 Å². The Morgan fingerprint density at radius 2 is 1.63 bits per heavy atom. The number of benzene rings is 2. The third-order valence-electron chi connectivity index (χ3n) is 6.43. The highest BCUT2D eigenvalue weighted by Crippen LogP contribution is 2.33. The van der Waals surface area contributed by atoms with Crippen LogP contribution in [0.2, 0.25) is 0 Å². The first-order chi connectivity index (χ1) is 18.3. The summed E-state index contributed by atoms with van der Waals surface area (Å²) in [7, 11) is 1.56. The third kappa shape index (κ3) is 4.88. The fourth-order valence-electron chi connectivity index (χ4n) is 4.42. The Kier molecular flexibility index (Phi) is 7.17. The summed E-state index contributed by atoms with van der Waals surface area (Å²) in [5, 5.41) is 43.5. The van der Waals surface area contributed by atoms with Gasteiger partial charge in [-0.2, -0.15) is 0 Å². The van der Waals surface area contributed by atoms with Crippen molar-refractivity contribution in [3.05, 3.63) is 71.9 Å². The van der Waals surface area contributed by atoms with E-state index in [2.05, 4.69) is 15.5 Å². The quantitative estimate of drug-likeness (QED) is 0.306. The number of nitrogens with zero attached hydrogens (tertiary/aromatic N) is 4. The van der Waals surface area contributed by atoms with E-state index in [9.17, 15) is 28.5 Å². The maximum Gasteiger partial charge on any atom is 0.194 e. The zero-order chi connectivity index (χ0) is 27.0. The minimum Gasteiger partial charge on any atom is -0.497 e. The van der Waals surface area contributed by atoms with E-state index >= 15 is 0 Å². The van der Waals surface area contributed by atoms with Crippen LogP contribution in [0.1, 0.15) is 11.8 Å². The maximum atomic E-state index is 13.7. The first kappa shape index (κ1) is 25.9. The summed E-state index contributed by atoms with van der Waals surface area (Å²) in [6.45, 7) is -0.565. The third-order valence-corrected chi connectivity index (χ3v) is 6.43. The number of halogens is 3. The van der Waals surface area contributed by atoms with E-state index in [1.807, 2.05) is 12.1 Å². The van der Waals surface area contributed by atoms with Crippen LogP contribution in [-0.4, -0.2) is 73.6 Å². The van der Waals surface area contributed by atoms with Crippen molar-refractivity contribution >= 4 is 0 Å². The molecule has 3 heterocycles. The van der Waals surface area contributed by atoms with Gasteiger partial charge in [-0.15, -0.1) is 5.10 Å². The van der Waals surface area contributed by atoms with Crippen molar-refractivity contribution in [1.82, 2.24) is 20.2 Å². The van der Waals surface area contributed by atoms with Gasteiger partial charge in [0.15, 0.2) is 17.5 Å². The van der Waals surface area contributed by atoms with Gasteiger partial charge in [0.2, 0.25) is 0 Å². The van der Waals surface area contributed by atoms with E-state index in [1.165, 1.54) is 6.20 Å². The molecule has 0 amide bonds. The molecule has 0 saturated carbocycles. The number of hydrogen-bond acceptors (Lipinski definition) is 9. The van der Waals surface area contributed by atoms with Crippen molar-refractivity contribution in [3.63, 3.8) is 0 Å². The molecule has 5 atom stereocenters. The standard InChI is InChI=1S/C25H23F3N4O6/c1-36-14-4-2-12(3-5-14)18-8-15(38-30-18)9-20-24(34)23(25(35)21(11-33)37-20)32-10-19(29-31-32)13-6-16(26)22(28)17(27)7-13/h2-8,10,20-21,23-25,33-35H,9,11H2,1H3/t20-,21-,23-,24+,25+/m1/s1.